The summed E-state index contributed by atoms with van der Waals surface area (Å²) in [6.45, 7) is 4.06. The van der Waals surface area contributed by atoms with E-state index in [1.54, 1.807) is 12.1 Å². The molecule has 4 heteroatoms. The van der Waals surface area contributed by atoms with E-state index in [0.717, 1.165) is 50.4 Å². The first-order valence-corrected chi connectivity index (χ1v) is 6.56. The van der Waals surface area contributed by atoms with Crippen LogP contribution >= 0.6 is 0 Å². The molecule has 0 aliphatic carbocycles. The first-order chi connectivity index (χ1) is 8.81. The van der Waals surface area contributed by atoms with E-state index in [0.29, 0.717) is 12.7 Å². The summed E-state index contributed by atoms with van der Waals surface area (Å²) in [5.41, 5.74) is 0.936. The Morgan fingerprint density at radius 2 is 2.28 bits per heavy atom. The van der Waals surface area contributed by atoms with Crippen molar-refractivity contribution in [1.29, 1.82) is 0 Å². The molecule has 2 aliphatic rings. The maximum atomic E-state index is 13.3. The first-order valence-electron chi connectivity index (χ1n) is 6.56. The second-order valence-electron chi connectivity index (χ2n) is 4.97. The van der Waals surface area contributed by atoms with E-state index in [-0.39, 0.29) is 5.82 Å². The highest BCUT2D eigenvalue weighted by molar-refractivity contribution is 5.34. The van der Waals surface area contributed by atoms with Crippen molar-refractivity contribution in [2.24, 2.45) is 0 Å². The number of halogens is 1. The molecule has 0 radical (unpaired) electrons. The van der Waals surface area contributed by atoms with Crippen LogP contribution in [0.4, 0.5) is 4.39 Å². The van der Waals surface area contributed by atoms with Crippen molar-refractivity contribution >= 4 is 0 Å². The SMILES string of the molecule is Fc1ccc2c(c1)CN(CC1CCCO1)CCO2. The third-order valence-electron chi connectivity index (χ3n) is 3.57. The minimum absolute atomic E-state index is 0.198. The summed E-state index contributed by atoms with van der Waals surface area (Å²) in [4.78, 5) is 2.29. The maximum absolute atomic E-state index is 13.3. The van der Waals surface area contributed by atoms with E-state index in [1.165, 1.54) is 6.07 Å². The molecule has 0 saturated carbocycles. The Kier molecular flexibility index (Phi) is 3.48. The van der Waals surface area contributed by atoms with Crippen molar-refractivity contribution < 1.29 is 13.9 Å². The number of rotatable bonds is 2. The van der Waals surface area contributed by atoms with Crippen LogP contribution in [0.3, 0.4) is 0 Å². The van der Waals surface area contributed by atoms with E-state index in [9.17, 15) is 4.39 Å². The Bertz CT molecular complexity index is 418. The molecule has 3 rings (SSSR count). The molecule has 3 nitrogen and oxygen atoms in total. The van der Waals surface area contributed by atoms with Gasteiger partial charge in [0.1, 0.15) is 18.2 Å². The predicted molar refractivity (Wildman–Crippen MR) is 66.1 cm³/mol. The fraction of sp³-hybridized carbons (Fsp3) is 0.571. The molecule has 0 N–H and O–H groups in total. The molecule has 1 aromatic carbocycles. The number of hydrogen-bond donors (Lipinski definition) is 0. The van der Waals surface area contributed by atoms with E-state index in [1.807, 2.05) is 0 Å². The van der Waals surface area contributed by atoms with Crippen LogP contribution in [-0.4, -0.2) is 37.3 Å². The fourth-order valence-electron chi connectivity index (χ4n) is 2.65. The van der Waals surface area contributed by atoms with Crippen LogP contribution in [-0.2, 0) is 11.3 Å². The lowest BCUT2D eigenvalue weighted by Gasteiger charge is -2.22. The summed E-state index contributed by atoms with van der Waals surface area (Å²) < 4.78 is 24.6. The van der Waals surface area contributed by atoms with E-state index >= 15 is 0 Å². The third-order valence-corrected chi connectivity index (χ3v) is 3.57. The van der Waals surface area contributed by atoms with Crippen molar-refractivity contribution in [3.05, 3.63) is 29.6 Å². The predicted octanol–water partition coefficient (Wildman–Crippen LogP) is 2.20. The minimum Gasteiger partial charge on any atom is -0.492 e. The molecule has 1 atom stereocenters. The Hall–Kier alpha value is -1.13. The summed E-state index contributed by atoms with van der Waals surface area (Å²) in [5.74, 6) is 0.613. The van der Waals surface area contributed by atoms with Gasteiger partial charge in [0, 0.05) is 31.8 Å². The number of hydrogen-bond acceptors (Lipinski definition) is 3. The molecule has 1 saturated heterocycles. The van der Waals surface area contributed by atoms with Crippen molar-refractivity contribution in [3.63, 3.8) is 0 Å². The van der Waals surface area contributed by atoms with Gasteiger partial charge in [0.2, 0.25) is 0 Å². The van der Waals surface area contributed by atoms with Gasteiger partial charge in [-0.15, -0.1) is 0 Å². The van der Waals surface area contributed by atoms with Gasteiger partial charge in [0.15, 0.2) is 0 Å². The second-order valence-corrected chi connectivity index (χ2v) is 4.97. The highest BCUT2D eigenvalue weighted by Crippen LogP contribution is 2.24. The molecule has 2 heterocycles. The summed E-state index contributed by atoms with van der Waals surface area (Å²) in [6.07, 6.45) is 2.62. The normalized spacial score (nSPS) is 24.4. The van der Waals surface area contributed by atoms with Crippen LogP contribution < -0.4 is 4.74 Å². The lowest BCUT2D eigenvalue weighted by Crippen LogP contribution is -2.33. The van der Waals surface area contributed by atoms with Crippen LogP contribution in [0.15, 0.2) is 18.2 Å². The highest BCUT2D eigenvalue weighted by atomic mass is 19.1. The Morgan fingerprint density at radius 1 is 1.33 bits per heavy atom. The van der Waals surface area contributed by atoms with Crippen molar-refractivity contribution in [2.75, 3.05) is 26.3 Å². The molecule has 0 spiro atoms. The lowest BCUT2D eigenvalue weighted by atomic mass is 10.1. The van der Waals surface area contributed by atoms with Gasteiger partial charge in [-0.05, 0) is 31.0 Å². The zero-order chi connectivity index (χ0) is 12.4. The summed E-state index contributed by atoms with van der Waals surface area (Å²) in [7, 11) is 0. The summed E-state index contributed by atoms with van der Waals surface area (Å²) >= 11 is 0. The maximum Gasteiger partial charge on any atom is 0.124 e. The largest absolute Gasteiger partial charge is 0.492 e. The van der Waals surface area contributed by atoms with Gasteiger partial charge in [-0.25, -0.2) is 4.39 Å². The second kappa shape index (κ2) is 5.24. The molecule has 18 heavy (non-hydrogen) atoms. The van der Waals surface area contributed by atoms with Crippen LogP contribution in [0.5, 0.6) is 5.75 Å². The number of nitrogens with zero attached hydrogens (tertiary/aromatic N) is 1. The standard InChI is InChI=1S/C14H18FNO2/c15-12-3-4-14-11(8-12)9-16(5-7-18-14)10-13-2-1-6-17-13/h3-4,8,13H,1-2,5-7,9-10H2. The summed E-state index contributed by atoms with van der Waals surface area (Å²) in [5, 5.41) is 0. The monoisotopic (exact) mass is 251 g/mol. The summed E-state index contributed by atoms with van der Waals surface area (Å²) in [6, 6.07) is 4.75. The number of fused-ring (bicyclic) bond motifs is 1. The average Bonchev–Trinajstić information content (AvgIpc) is 2.76. The number of ether oxygens (including phenoxy) is 2. The quantitative estimate of drug-likeness (QED) is 0.804. The van der Waals surface area contributed by atoms with Crippen LogP contribution in [0.1, 0.15) is 18.4 Å². The van der Waals surface area contributed by atoms with E-state index in [4.69, 9.17) is 9.47 Å². The van der Waals surface area contributed by atoms with Gasteiger partial charge in [0.05, 0.1) is 6.10 Å². The van der Waals surface area contributed by atoms with Gasteiger partial charge >= 0.3 is 0 Å². The molecule has 1 fully saturated rings. The first kappa shape index (κ1) is 11.9. The van der Waals surface area contributed by atoms with Gasteiger partial charge < -0.3 is 9.47 Å². The Labute approximate surface area is 106 Å². The van der Waals surface area contributed by atoms with Crippen molar-refractivity contribution in [3.8, 4) is 5.75 Å². The van der Waals surface area contributed by atoms with Crippen LogP contribution in [0, 0.1) is 5.82 Å². The van der Waals surface area contributed by atoms with Crippen molar-refractivity contribution in [1.82, 2.24) is 4.90 Å². The van der Waals surface area contributed by atoms with E-state index < -0.39 is 0 Å². The zero-order valence-corrected chi connectivity index (χ0v) is 10.4. The Morgan fingerprint density at radius 3 is 3.11 bits per heavy atom. The van der Waals surface area contributed by atoms with E-state index in [2.05, 4.69) is 4.90 Å². The fourth-order valence-corrected chi connectivity index (χ4v) is 2.65. The molecular weight excluding hydrogens is 233 g/mol. The molecular formula is C14H18FNO2. The minimum atomic E-state index is -0.198. The molecule has 2 aliphatic heterocycles. The third kappa shape index (κ3) is 2.65. The lowest BCUT2D eigenvalue weighted by molar-refractivity contribution is 0.0687. The van der Waals surface area contributed by atoms with Gasteiger partial charge in [-0.2, -0.15) is 0 Å². The zero-order valence-electron chi connectivity index (χ0n) is 10.4. The van der Waals surface area contributed by atoms with Gasteiger partial charge in [0.25, 0.3) is 0 Å². The molecule has 1 unspecified atom stereocenters. The number of benzene rings is 1. The van der Waals surface area contributed by atoms with Crippen molar-refractivity contribution in [2.45, 2.75) is 25.5 Å². The van der Waals surface area contributed by atoms with Crippen LogP contribution in [0.2, 0.25) is 0 Å². The van der Waals surface area contributed by atoms with Gasteiger partial charge in [-0.3, -0.25) is 4.90 Å². The Balaban J connectivity index is 1.70. The molecule has 0 aromatic heterocycles. The highest BCUT2D eigenvalue weighted by Gasteiger charge is 2.22. The van der Waals surface area contributed by atoms with Crippen LogP contribution in [0.25, 0.3) is 0 Å². The topological polar surface area (TPSA) is 21.7 Å². The average molecular weight is 251 g/mol. The van der Waals surface area contributed by atoms with Gasteiger partial charge in [-0.1, -0.05) is 0 Å². The molecule has 0 amide bonds. The molecule has 0 bridgehead atoms. The molecule has 1 aromatic rings. The smallest absolute Gasteiger partial charge is 0.124 e. The molecule has 98 valence electrons.